The lowest BCUT2D eigenvalue weighted by Gasteiger charge is -2.19. The standard InChI is InChI=1S/C20H24N2OS/c1-13-9-10-24-18(13)12-21-22-19(23)17-11-16(17)14-5-7-15(8-6-14)20(2,3)4/h5-10,12,16-17H,11H2,1-4H3,(H,22,23)/b21-12+. The van der Waals surface area contributed by atoms with Gasteiger partial charge >= 0.3 is 0 Å². The van der Waals surface area contributed by atoms with Gasteiger partial charge in [-0.3, -0.25) is 4.79 Å². The number of rotatable bonds is 4. The van der Waals surface area contributed by atoms with E-state index in [0.29, 0.717) is 5.92 Å². The number of thiophene rings is 1. The van der Waals surface area contributed by atoms with Crippen molar-refractivity contribution < 1.29 is 4.79 Å². The Kier molecular flexibility index (Phi) is 4.59. The quantitative estimate of drug-likeness (QED) is 0.641. The first-order chi connectivity index (χ1) is 11.4. The van der Waals surface area contributed by atoms with Crippen LogP contribution in [0.4, 0.5) is 0 Å². The molecule has 24 heavy (non-hydrogen) atoms. The number of aryl methyl sites for hydroxylation is 1. The van der Waals surface area contributed by atoms with Crippen LogP contribution in [-0.4, -0.2) is 12.1 Å². The van der Waals surface area contributed by atoms with Crippen LogP contribution < -0.4 is 5.43 Å². The Balaban J connectivity index is 1.56. The second-order valence-electron chi connectivity index (χ2n) is 7.52. The molecule has 0 aliphatic heterocycles. The van der Waals surface area contributed by atoms with Crippen molar-refractivity contribution >= 4 is 23.5 Å². The van der Waals surface area contributed by atoms with Crippen LogP contribution in [0.5, 0.6) is 0 Å². The van der Waals surface area contributed by atoms with Gasteiger partial charge in [0.25, 0.3) is 0 Å². The summed E-state index contributed by atoms with van der Waals surface area (Å²) in [6.07, 6.45) is 2.64. The predicted octanol–water partition coefficient (Wildman–Crippen LogP) is 4.61. The van der Waals surface area contributed by atoms with Crippen LogP contribution in [0, 0.1) is 12.8 Å². The summed E-state index contributed by atoms with van der Waals surface area (Å²) >= 11 is 1.63. The van der Waals surface area contributed by atoms with Crippen molar-refractivity contribution in [2.45, 2.75) is 45.4 Å². The Morgan fingerprint density at radius 1 is 1.25 bits per heavy atom. The fourth-order valence-electron chi connectivity index (χ4n) is 2.84. The maximum atomic E-state index is 12.2. The van der Waals surface area contributed by atoms with E-state index in [-0.39, 0.29) is 17.2 Å². The molecule has 2 atom stereocenters. The lowest BCUT2D eigenvalue weighted by atomic mass is 9.86. The van der Waals surface area contributed by atoms with Crippen molar-refractivity contribution in [3.05, 3.63) is 57.3 Å². The molecule has 2 aromatic rings. The van der Waals surface area contributed by atoms with E-state index in [1.165, 1.54) is 16.7 Å². The second kappa shape index (κ2) is 6.52. The predicted molar refractivity (Wildman–Crippen MR) is 101 cm³/mol. The number of carbonyl (C=O) groups excluding carboxylic acids is 1. The summed E-state index contributed by atoms with van der Waals surface area (Å²) in [5.41, 5.74) is 6.60. The summed E-state index contributed by atoms with van der Waals surface area (Å²) < 4.78 is 0. The first-order valence-corrected chi connectivity index (χ1v) is 9.21. The highest BCUT2D eigenvalue weighted by Crippen LogP contribution is 2.47. The SMILES string of the molecule is Cc1ccsc1/C=N/NC(=O)C1CC1c1ccc(C(C)(C)C)cc1. The van der Waals surface area contributed by atoms with E-state index < -0.39 is 0 Å². The van der Waals surface area contributed by atoms with E-state index in [1.54, 1.807) is 17.6 Å². The monoisotopic (exact) mass is 340 g/mol. The topological polar surface area (TPSA) is 41.5 Å². The molecule has 3 nitrogen and oxygen atoms in total. The van der Waals surface area contributed by atoms with Gasteiger partial charge in [0.2, 0.25) is 5.91 Å². The van der Waals surface area contributed by atoms with Gasteiger partial charge in [0.05, 0.1) is 6.21 Å². The molecule has 1 aromatic carbocycles. The van der Waals surface area contributed by atoms with Crippen molar-refractivity contribution in [1.82, 2.24) is 5.43 Å². The number of hydrogen-bond acceptors (Lipinski definition) is 3. The third-order valence-electron chi connectivity index (χ3n) is 4.59. The summed E-state index contributed by atoms with van der Waals surface area (Å²) in [5.74, 6) is 0.398. The molecule has 1 aliphatic rings. The number of benzene rings is 1. The Hall–Kier alpha value is -1.94. The summed E-state index contributed by atoms with van der Waals surface area (Å²) in [4.78, 5) is 13.3. The molecule has 1 amide bonds. The first-order valence-electron chi connectivity index (χ1n) is 8.33. The van der Waals surface area contributed by atoms with Crippen LogP contribution in [0.1, 0.15) is 54.7 Å². The molecule has 1 fully saturated rings. The van der Waals surface area contributed by atoms with Crippen molar-refractivity contribution in [1.29, 1.82) is 0 Å². The molecule has 0 saturated heterocycles. The number of hydrazone groups is 1. The van der Waals surface area contributed by atoms with Gasteiger partial charge in [-0.1, -0.05) is 45.0 Å². The Morgan fingerprint density at radius 3 is 2.54 bits per heavy atom. The Morgan fingerprint density at radius 2 is 1.96 bits per heavy atom. The smallest absolute Gasteiger partial charge is 0.243 e. The zero-order valence-electron chi connectivity index (χ0n) is 14.7. The third kappa shape index (κ3) is 3.75. The molecular formula is C20H24N2OS. The fourth-order valence-corrected chi connectivity index (χ4v) is 3.62. The summed E-state index contributed by atoms with van der Waals surface area (Å²) in [6.45, 7) is 8.67. The molecule has 4 heteroatoms. The van der Waals surface area contributed by atoms with Crippen molar-refractivity contribution in [3.8, 4) is 0 Å². The first kappa shape index (κ1) is 16.9. The van der Waals surface area contributed by atoms with Crippen LogP contribution in [0.25, 0.3) is 0 Å². The molecule has 1 N–H and O–H groups in total. The largest absolute Gasteiger partial charge is 0.273 e. The Labute approximate surface area is 147 Å². The number of hydrogen-bond donors (Lipinski definition) is 1. The fraction of sp³-hybridized carbons (Fsp3) is 0.400. The summed E-state index contributed by atoms with van der Waals surface area (Å²) in [6, 6.07) is 10.7. The molecule has 0 bridgehead atoms. The van der Waals surface area contributed by atoms with Gasteiger partial charge in [-0.25, -0.2) is 5.43 Å². The van der Waals surface area contributed by atoms with Gasteiger partial charge in [0.1, 0.15) is 0 Å². The molecule has 3 rings (SSSR count). The average Bonchev–Trinajstić information content (AvgIpc) is 3.24. The number of nitrogens with one attached hydrogen (secondary N) is 1. The molecule has 1 aromatic heterocycles. The molecule has 1 heterocycles. The minimum absolute atomic E-state index is 0.0188. The molecule has 0 spiro atoms. The van der Waals surface area contributed by atoms with E-state index in [1.807, 2.05) is 18.4 Å². The van der Waals surface area contributed by atoms with Crippen LogP contribution in [0.15, 0.2) is 40.8 Å². The van der Waals surface area contributed by atoms with E-state index in [4.69, 9.17) is 0 Å². The third-order valence-corrected chi connectivity index (χ3v) is 5.54. The van der Waals surface area contributed by atoms with Crippen molar-refractivity contribution in [2.24, 2.45) is 11.0 Å². The van der Waals surface area contributed by atoms with Gasteiger partial charge in [-0.05, 0) is 52.8 Å². The minimum atomic E-state index is 0.0188. The Bertz CT molecular complexity index is 753. The van der Waals surface area contributed by atoms with Gasteiger partial charge < -0.3 is 0 Å². The van der Waals surface area contributed by atoms with Crippen LogP contribution in [0.3, 0.4) is 0 Å². The normalized spacial score (nSPS) is 20.3. The van der Waals surface area contributed by atoms with Gasteiger partial charge in [-0.2, -0.15) is 5.10 Å². The molecule has 126 valence electrons. The minimum Gasteiger partial charge on any atom is -0.273 e. The molecule has 2 unspecified atom stereocenters. The van der Waals surface area contributed by atoms with Crippen LogP contribution >= 0.6 is 11.3 Å². The van der Waals surface area contributed by atoms with E-state index in [2.05, 4.69) is 55.6 Å². The zero-order chi connectivity index (χ0) is 17.3. The van der Waals surface area contributed by atoms with Gasteiger partial charge in [0.15, 0.2) is 0 Å². The summed E-state index contributed by atoms with van der Waals surface area (Å²) in [5, 5.41) is 6.12. The lowest BCUT2D eigenvalue weighted by molar-refractivity contribution is -0.122. The van der Waals surface area contributed by atoms with Gasteiger partial charge in [0, 0.05) is 10.8 Å². The van der Waals surface area contributed by atoms with Crippen molar-refractivity contribution in [2.75, 3.05) is 0 Å². The average molecular weight is 340 g/mol. The summed E-state index contributed by atoms with van der Waals surface area (Å²) in [7, 11) is 0. The highest BCUT2D eigenvalue weighted by molar-refractivity contribution is 7.11. The maximum absolute atomic E-state index is 12.2. The molecule has 1 aliphatic carbocycles. The number of nitrogens with zero attached hydrogens (tertiary/aromatic N) is 1. The van der Waals surface area contributed by atoms with Gasteiger partial charge in [-0.15, -0.1) is 11.3 Å². The second-order valence-corrected chi connectivity index (χ2v) is 8.47. The number of carbonyl (C=O) groups is 1. The number of amides is 1. The van der Waals surface area contributed by atoms with E-state index >= 15 is 0 Å². The van der Waals surface area contributed by atoms with E-state index in [9.17, 15) is 4.79 Å². The highest BCUT2D eigenvalue weighted by atomic mass is 32.1. The molecule has 1 saturated carbocycles. The van der Waals surface area contributed by atoms with Crippen molar-refractivity contribution in [3.63, 3.8) is 0 Å². The van der Waals surface area contributed by atoms with E-state index in [0.717, 1.165) is 11.3 Å². The maximum Gasteiger partial charge on any atom is 0.243 e. The highest BCUT2D eigenvalue weighted by Gasteiger charge is 2.43. The molecule has 0 radical (unpaired) electrons. The zero-order valence-corrected chi connectivity index (χ0v) is 15.5. The molecular weight excluding hydrogens is 316 g/mol. The van der Waals surface area contributed by atoms with Crippen LogP contribution in [0.2, 0.25) is 0 Å². The lowest BCUT2D eigenvalue weighted by Crippen LogP contribution is -2.20. The van der Waals surface area contributed by atoms with Crippen LogP contribution in [-0.2, 0) is 10.2 Å².